The smallest absolute Gasteiger partial charge is 0.0612 e. The molecule has 0 aliphatic carbocycles. The number of nitrogens with zero attached hydrogens (tertiary/aromatic N) is 3. The van der Waals surface area contributed by atoms with Crippen molar-refractivity contribution in [2.24, 2.45) is 5.92 Å². The third kappa shape index (κ3) is 7.59. The van der Waals surface area contributed by atoms with Gasteiger partial charge in [0.05, 0.1) is 5.69 Å². The van der Waals surface area contributed by atoms with Crippen molar-refractivity contribution in [2.45, 2.75) is 59.3 Å². The molecule has 2 heterocycles. The Morgan fingerprint density at radius 2 is 1.75 bits per heavy atom. The first-order valence-electron chi connectivity index (χ1n) is 8.08. The topological polar surface area (TPSA) is 29.0 Å². The van der Waals surface area contributed by atoms with Gasteiger partial charge in [0.2, 0.25) is 0 Å². The summed E-state index contributed by atoms with van der Waals surface area (Å²) < 4.78 is 0. The van der Waals surface area contributed by atoms with Gasteiger partial charge in [-0.1, -0.05) is 34.1 Å². The Morgan fingerprint density at radius 3 is 2.20 bits per heavy atom. The van der Waals surface area contributed by atoms with Crippen molar-refractivity contribution in [3.63, 3.8) is 0 Å². The molecule has 0 bridgehead atoms. The molecule has 0 aromatic carbocycles. The highest BCUT2D eigenvalue weighted by Gasteiger charge is 2.09. The summed E-state index contributed by atoms with van der Waals surface area (Å²) in [7, 11) is 0. The van der Waals surface area contributed by atoms with Crippen molar-refractivity contribution in [1.29, 1.82) is 0 Å². The molecule has 1 fully saturated rings. The average Bonchev–Trinajstić information content (AvgIpc) is 2.48. The predicted molar refractivity (Wildman–Crippen MR) is 85.9 cm³/mol. The fourth-order valence-corrected chi connectivity index (χ4v) is 2.23. The summed E-state index contributed by atoms with van der Waals surface area (Å²) in [5.41, 5.74) is 1.05. The van der Waals surface area contributed by atoms with Crippen LogP contribution in [0.4, 0.5) is 0 Å². The normalized spacial score (nSPS) is 16.1. The Kier molecular flexibility index (Phi) is 8.43. The molecular weight excluding hydrogens is 246 g/mol. The van der Waals surface area contributed by atoms with Gasteiger partial charge >= 0.3 is 0 Å². The number of piperidine rings is 1. The maximum absolute atomic E-state index is 4.12. The minimum Gasteiger partial charge on any atom is -0.303 e. The summed E-state index contributed by atoms with van der Waals surface area (Å²) in [5, 5.41) is 0. The van der Waals surface area contributed by atoms with Crippen LogP contribution in [0.5, 0.6) is 0 Å². The van der Waals surface area contributed by atoms with Crippen molar-refractivity contribution in [3.8, 4) is 0 Å². The second-order valence-electron chi connectivity index (χ2n) is 6.37. The van der Waals surface area contributed by atoms with Gasteiger partial charge in [-0.3, -0.25) is 9.97 Å². The van der Waals surface area contributed by atoms with E-state index in [2.05, 4.69) is 42.6 Å². The molecule has 20 heavy (non-hydrogen) atoms. The van der Waals surface area contributed by atoms with Gasteiger partial charge in [0.1, 0.15) is 0 Å². The van der Waals surface area contributed by atoms with Crippen molar-refractivity contribution < 1.29 is 0 Å². The molecule has 0 unspecified atom stereocenters. The highest BCUT2D eigenvalue weighted by molar-refractivity contribution is 4.99. The molecule has 1 aliphatic heterocycles. The zero-order valence-electron chi connectivity index (χ0n) is 13.7. The molecule has 2 rings (SSSR count). The van der Waals surface area contributed by atoms with Gasteiger partial charge in [0, 0.05) is 18.6 Å². The van der Waals surface area contributed by atoms with Crippen LogP contribution < -0.4 is 0 Å². The summed E-state index contributed by atoms with van der Waals surface area (Å²) in [6, 6.07) is 0. The highest BCUT2D eigenvalue weighted by Crippen LogP contribution is 2.10. The Balaban J connectivity index is 0.000000204. The maximum Gasteiger partial charge on any atom is 0.0612 e. The number of hydrogen-bond acceptors (Lipinski definition) is 3. The Hall–Kier alpha value is -0.960. The van der Waals surface area contributed by atoms with Crippen molar-refractivity contribution in [1.82, 2.24) is 14.9 Å². The molecule has 3 nitrogen and oxygen atoms in total. The molecule has 0 saturated carbocycles. The molecule has 1 saturated heterocycles. The lowest BCUT2D eigenvalue weighted by atomic mass is 10.1. The largest absolute Gasteiger partial charge is 0.303 e. The zero-order valence-corrected chi connectivity index (χ0v) is 13.7. The molecule has 3 heteroatoms. The number of likely N-dealkylation sites (tertiary alicyclic amines) is 1. The Labute approximate surface area is 124 Å². The van der Waals surface area contributed by atoms with E-state index >= 15 is 0 Å². The molecule has 1 aliphatic rings. The van der Waals surface area contributed by atoms with E-state index in [0.717, 1.165) is 11.6 Å². The first-order valence-corrected chi connectivity index (χ1v) is 8.08. The molecule has 0 radical (unpaired) electrons. The average molecular weight is 277 g/mol. The van der Waals surface area contributed by atoms with Crippen LogP contribution in [0, 0.1) is 5.92 Å². The van der Waals surface area contributed by atoms with Gasteiger partial charge in [-0.15, -0.1) is 0 Å². The van der Waals surface area contributed by atoms with E-state index in [1.165, 1.54) is 45.3 Å². The van der Waals surface area contributed by atoms with Crippen LogP contribution in [0.3, 0.4) is 0 Å². The third-order valence-electron chi connectivity index (χ3n) is 3.65. The van der Waals surface area contributed by atoms with Gasteiger partial charge in [0.25, 0.3) is 0 Å². The maximum atomic E-state index is 4.12. The first-order chi connectivity index (χ1) is 9.59. The number of rotatable bonds is 4. The van der Waals surface area contributed by atoms with E-state index in [-0.39, 0.29) is 0 Å². The van der Waals surface area contributed by atoms with E-state index in [4.69, 9.17) is 0 Å². The second kappa shape index (κ2) is 9.87. The molecule has 1 aromatic rings. The van der Waals surface area contributed by atoms with Crippen molar-refractivity contribution >= 4 is 0 Å². The summed E-state index contributed by atoms with van der Waals surface area (Å²) in [6.45, 7) is 12.9. The van der Waals surface area contributed by atoms with Crippen LogP contribution >= 0.6 is 0 Å². The zero-order chi connectivity index (χ0) is 14.8. The van der Waals surface area contributed by atoms with Gasteiger partial charge in [-0.2, -0.15) is 0 Å². The molecule has 1 aromatic heterocycles. The summed E-state index contributed by atoms with van der Waals surface area (Å²) in [4.78, 5) is 10.7. The van der Waals surface area contributed by atoms with E-state index in [9.17, 15) is 0 Å². The molecule has 0 spiro atoms. The minimum absolute atomic E-state index is 0.485. The molecule has 0 N–H and O–H groups in total. The number of hydrogen-bond donors (Lipinski definition) is 0. The highest BCUT2D eigenvalue weighted by atomic mass is 15.1. The molecule has 0 atom stereocenters. The quantitative estimate of drug-likeness (QED) is 0.829. The Morgan fingerprint density at radius 1 is 1.05 bits per heavy atom. The third-order valence-corrected chi connectivity index (χ3v) is 3.65. The fraction of sp³-hybridized carbons (Fsp3) is 0.765. The van der Waals surface area contributed by atoms with Crippen LogP contribution in [0.15, 0.2) is 18.6 Å². The van der Waals surface area contributed by atoms with E-state index < -0.39 is 0 Å². The van der Waals surface area contributed by atoms with Gasteiger partial charge in [-0.25, -0.2) is 0 Å². The minimum atomic E-state index is 0.485. The monoisotopic (exact) mass is 277 g/mol. The fourth-order valence-electron chi connectivity index (χ4n) is 2.23. The van der Waals surface area contributed by atoms with Gasteiger partial charge in [0.15, 0.2) is 0 Å². The lowest BCUT2D eigenvalue weighted by Crippen LogP contribution is -2.31. The van der Waals surface area contributed by atoms with Crippen molar-refractivity contribution in [2.75, 3.05) is 19.6 Å². The lowest BCUT2D eigenvalue weighted by molar-refractivity contribution is 0.217. The lowest BCUT2D eigenvalue weighted by Gasteiger charge is -2.26. The molecular formula is C17H31N3. The van der Waals surface area contributed by atoms with Crippen LogP contribution in [-0.2, 0) is 0 Å². The predicted octanol–water partition coefficient (Wildman–Crippen LogP) is 4.12. The van der Waals surface area contributed by atoms with Gasteiger partial charge < -0.3 is 4.90 Å². The Bertz CT molecular complexity index is 329. The van der Waals surface area contributed by atoms with Gasteiger partial charge in [-0.05, 0) is 50.7 Å². The molecule has 114 valence electrons. The van der Waals surface area contributed by atoms with E-state index in [1.807, 2.05) is 0 Å². The van der Waals surface area contributed by atoms with E-state index in [1.54, 1.807) is 18.6 Å². The summed E-state index contributed by atoms with van der Waals surface area (Å²) in [5.74, 6) is 1.36. The van der Waals surface area contributed by atoms with Crippen LogP contribution in [0.1, 0.15) is 65.0 Å². The first kappa shape index (κ1) is 17.1. The van der Waals surface area contributed by atoms with Crippen LogP contribution in [0.25, 0.3) is 0 Å². The standard InChI is InChI=1S/C10H21N.C7H10N2/c1-10(2)6-9-11-7-4-3-5-8-11;1-6(2)7-5-8-3-4-9-7/h10H,3-9H2,1-2H3;3-6H,1-2H3. The molecule has 0 amide bonds. The second-order valence-corrected chi connectivity index (χ2v) is 6.37. The van der Waals surface area contributed by atoms with Crippen molar-refractivity contribution in [3.05, 3.63) is 24.3 Å². The SMILES string of the molecule is CC(C)CCN1CCCCC1.CC(C)c1cnccn1. The summed E-state index contributed by atoms with van der Waals surface area (Å²) in [6.07, 6.45) is 10.9. The van der Waals surface area contributed by atoms with Crippen LogP contribution in [0.2, 0.25) is 0 Å². The van der Waals surface area contributed by atoms with E-state index in [0.29, 0.717) is 5.92 Å². The van der Waals surface area contributed by atoms with Crippen LogP contribution in [-0.4, -0.2) is 34.5 Å². The number of aromatic nitrogens is 2. The summed E-state index contributed by atoms with van der Waals surface area (Å²) >= 11 is 0.